The second kappa shape index (κ2) is 16.4. The number of carboxylic acids is 1. The minimum absolute atomic E-state index is 0.0914. The van der Waals surface area contributed by atoms with Crippen LogP contribution >= 0.6 is 11.8 Å². The molecule has 0 saturated heterocycles. The number of amides is 3. The van der Waals surface area contributed by atoms with Gasteiger partial charge in [0.1, 0.15) is 18.1 Å². The molecule has 0 fully saturated rings. The minimum Gasteiger partial charge on any atom is -0.480 e. The molecule has 0 heterocycles. The number of rotatable bonds is 16. The first-order valence-corrected chi connectivity index (χ1v) is 12.9. The standard InChI is InChI=1S/C23H37N7O5S/c1-14(22(34)35)28-21(33)18(13-15-7-4-3-5-8-15)30-20(32)17(9-6-11-27-23(25)26)29-19(31)16(24)10-12-36-2/h3-5,7-8,14,16-18H,6,9-13,24H2,1-2H3,(H,28,33)(H,29,31)(H,30,32)(H,34,35)(H4,25,26,27)/t14-,16-,17+,18-/m0/s1. The summed E-state index contributed by atoms with van der Waals surface area (Å²) in [7, 11) is 0. The van der Waals surface area contributed by atoms with Crippen molar-refractivity contribution in [2.24, 2.45) is 22.2 Å². The molecule has 200 valence electrons. The van der Waals surface area contributed by atoms with E-state index < -0.39 is 47.9 Å². The highest BCUT2D eigenvalue weighted by atomic mass is 32.2. The van der Waals surface area contributed by atoms with Crippen LogP contribution in [0.25, 0.3) is 0 Å². The fourth-order valence-corrected chi connectivity index (χ4v) is 3.62. The Balaban J connectivity index is 3.05. The summed E-state index contributed by atoms with van der Waals surface area (Å²) in [6, 6.07) is 4.91. The topological polar surface area (TPSA) is 215 Å². The largest absolute Gasteiger partial charge is 0.480 e. The van der Waals surface area contributed by atoms with Gasteiger partial charge in [0.2, 0.25) is 17.7 Å². The molecule has 0 spiro atoms. The summed E-state index contributed by atoms with van der Waals surface area (Å²) in [6.45, 7) is 1.56. The molecule has 4 atom stereocenters. The maximum atomic E-state index is 13.2. The van der Waals surface area contributed by atoms with Crippen LogP contribution in [0, 0.1) is 0 Å². The molecule has 0 aliphatic rings. The van der Waals surface area contributed by atoms with Crippen LogP contribution in [-0.2, 0) is 25.6 Å². The predicted octanol–water partition coefficient (Wildman–Crippen LogP) is -1.08. The Bertz CT molecular complexity index is 896. The average Bonchev–Trinajstić information content (AvgIpc) is 2.83. The Kier molecular flexibility index (Phi) is 14.0. The quantitative estimate of drug-likeness (QED) is 0.0795. The highest BCUT2D eigenvalue weighted by Crippen LogP contribution is 2.07. The van der Waals surface area contributed by atoms with Crippen LogP contribution in [0.15, 0.2) is 35.3 Å². The van der Waals surface area contributed by atoms with E-state index in [0.29, 0.717) is 18.6 Å². The summed E-state index contributed by atoms with van der Waals surface area (Å²) in [5.74, 6) is -2.39. The second-order valence-electron chi connectivity index (χ2n) is 8.22. The molecule has 0 bridgehead atoms. The Morgan fingerprint density at radius 1 is 0.972 bits per heavy atom. The van der Waals surface area contributed by atoms with E-state index in [9.17, 15) is 19.2 Å². The molecular weight excluding hydrogens is 486 g/mol. The van der Waals surface area contributed by atoms with Crippen LogP contribution in [0.5, 0.6) is 0 Å². The van der Waals surface area contributed by atoms with Crippen LogP contribution in [-0.4, -0.2) is 77.5 Å². The predicted molar refractivity (Wildman–Crippen MR) is 140 cm³/mol. The van der Waals surface area contributed by atoms with Gasteiger partial charge >= 0.3 is 5.97 Å². The number of hydrogen-bond acceptors (Lipinski definition) is 7. The number of aliphatic imine (C=N–C) groups is 1. The zero-order chi connectivity index (χ0) is 27.1. The summed E-state index contributed by atoms with van der Waals surface area (Å²) in [5, 5.41) is 16.9. The lowest BCUT2D eigenvalue weighted by atomic mass is 10.0. The molecule has 0 radical (unpaired) electrons. The highest BCUT2D eigenvalue weighted by molar-refractivity contribution is 7.98. The van der Waals surface area contributed by atoms with E-state index >= 15 is 0 Å². The van der Waals surface area contributed by atoms with Gasteiger partial charge in [0.15, 0.2) is 5.96 Å². The molecule has 10 N–H and O–H groups in total. The van der Waals surface area contributed by atoms with Gasteiger partial charge in [-0.15, -0.1) is 0 Å². The van der Waals surface area contributed by atoms with Crippen molar-refractivity contribution >= 4 is 41.4 Å². The SMILES string of the molecule is CSCC[C@H](N)C(=O)N[C@H](CCCN=C(N)N)C(=O)N[C@@H](Cc1ccccc1)C(=O)N[C@@H](C)C(=O)O. The van der Waals surface area contributed by atoms with E-state index in [-0.39, 0.29) is 25.3 Å². The number of nitrogens with one attached hydrogen (secondary N) is 3. The first kappa shape index (κ1) is 30.7. The van der Waals surface area contributed by atoms with Crippen molar-refractivity contribution in [1.82, 2.24) is 16.0 Å². The number of benzene rings is 1. The van der Waals surface area contributed by atoms with Crippen molar-refractivity contribution in [3.8, 4) is 0 Å². The third-order valence-electron chi connectivity index (χ3n) is 5.19. The number of carbonyl (C=O) groups is 4. The van der Waals surface area contributed by atoms with E-state index in [1.165, 1.54) is 6.92 Å². The molecule has 36 heavy (non-hydrogen) atoms. The lowest BCUT2D eigenvalue weighted by Crippen LogP contribution is -2.57. The molecule has 12 nitrogen and oxygen atoms in total. The fourth-order valence-electron chi connectivity index (χ4n) is 3.13. The van der Waals surface area contributed by atoms with Crippen LogP contribution in [0.3, 0.4) is 0 Å². The molecule has 1 aromatic carbocycles. The van der Waals surface area contributed by atoms with Crippen LogP contribution in [0.4, 0.5) is 0 Å². The Labute approximate surface area is 215 Å². The molecule has 1 aromatic rings. The van der Waals surface area contributed by atoms with Gasteiger partial charge in [0.05, 0.1) is 6.04 Å². The van der Waals surface area contributed by atoms with Crippen molar-refractivity contribution < 1.29 is 24.3 Å². The molecular formula is C23H37N7O5S. The number of guanidine groups is 1. The number of aliphatic carboxylic acids is 1. The Morgan fingerprint density at radius 2 is 1.58 bits per heavy atom. The summed E-state index contributed by atoms with van der Waals surface area (Å²) in [4.78, 5) is 53.8. The van der Waals surface area contributed by atoms with E-state index in [1.54, 1.807) is 36.0 Å². The Morgan fingerprint density at radius 3 is 2.17 bits per heavy atom. The normalized spacial score (nSPS) is 14.0. The van der Waals surface area contributed by atoms with Crippen molar-refractivity contribution in [3.63, 3.8) is 0 Å². The van der Waals surface area contributed by atoms with Gasteiger partial charge in [-0.1, -0.05) is 30.3 Å². The Hall–Kier alpha value is -3.32. The molecule has 3 amide bonds. The van der Waals surface area contributed by atoms with E-state index in [4.69, 9.17) is 22.3 Å². The van der Waals surface area contributed by atoms with Crippen molar-refractivity contribution in [2.45, 2.75) is 56.8 Å². The van der Waals surface area contributed by atoms with Gasteiger partial charge in [-0.05, 0) is 43.8 Å². The molecule has 0 aliphatic heterocycles. The zero-order valence-electron chi connectivity index (χ0n) is 20.6. The van der Waals surface area contributed by atoms with E-state index in [2.05, 4.69) is 20.9 Å². The average molecular weight is 524 g/mol. The fraction of sp³-hybridized carbons (Fsp3) is 0.522. The maximum absolute atomic E-state index is 13.2. The van der Waals surface area contributed by atoms with Crippen molar-refractivity contribution in [2.75, 3.05) is 18.6 Å². The summed E-state index contributed by atoms with van der Waals surface area (Å²) >= 11 is 1.55. The van der Waals surface area contributed by atoms with Gasteiger partial charge < -0.3 is 38.3 Å². The smallest absolute Gasteiger partial charge is 0.325 e. The molecule has 0 aromatic heterocycles. The number of nitrogens with zero attached hydrogens (tertiary/aromatic N) is 1. The van der Waals surface area contributed by atoms with Gasteiger partial charge in [-0.25, -0.2) is 0 Å². The minimum atomic E-state index is -1.21. The van der Waals surface area contributed by atoms with Crippen LogP contribution < -0.4 is 33.2 Å². The third-order valence-corrected chi connectivity index (χ3v) is 5.84. The van der Waals surface area contributed by atoms with E-state index in [0.717, 1.165) is 5.56 Å². The number of thioether (sulfide) groups is 1. The van der Waals surface area contributed by atoms with Gasteiger partial charge in [-0.3, -0.25) is 24.2 Å². The monoisotopic (exact) mass is 523 g/mol. The lowest BCUT2D eigenvalue weighted by Gasteiger charge is -2.25. The van der Waals surface area contributed by atoms with Gasteiger partial charge in [0.25, 0.3) is 0 Å². The van der Waals surface area contributed by atoms with Gasteiger partial charge in [0, 0.05) is 13.0 Å². The molecule has 13 heteroatoms. The first-order valence-electron chi connectivity index (χ1n) is 11.5. The third kappa shape index (κ3) is 11.9. The molecule has 0 unspecified atom stereocenters. The number of nitrogens with two attached hydrogens (primary N) is 3. The highest BCUT2D eigenvalue weighted by Gasteiger charge is 2.29. The van der Waals surface area contributed by atoms with Crippen LogP contribution in [0.1, 0.15) is 31.7 Å². The summed E-state index contributed by atoms with van der Waals surface area (Å²) in [6.07, 6.45) is 3.01. The van der Waals surface area contributed by atoms with E-state index in [1.807, 2.05) is 12.3 Å². The van der Waals surface area contributed by atoms with Crippen molar-refractivity contribution in [3.05, 3.63) is 35.9 Å². The number of carbonyl (C=O) groups excluding carboxylic acids is 3. The number of hydrogen-bond donors (Lipinski definition) is 7. The first-order chi connectivity index (χ1) is 17.0. The number of carboxylic acid groups (broad SMARTS) is 1. The second-order valence-corrected chi connectivity index (χ2v) is 9.20. The lowest BCUT2D eigenvalue weighted by molar-refractivity contribution is -0.141. The summed E-state index contributed by atoms with van der Waals surface area (Å²) in [5.41, 5.74) is 17.4. The maximum Gasteiger partial charge on any atom is 0.325 e. The van der Waals surface area contributed by atoms with Crippen LogP contribution in [0.2, 0.25) is 0 Å². The molecule has 0 aliphatic carbocycles. The molecule has 0 saturated carbocycles. The summed E-state index contributed by atoms with van der Waals surface area (Å²) < 4.78 is 0. The van der Waals surface area contributed by atoms with Crippen molar-refractivity contribution in [1.29, 1.82) is 0 Å². The molecule has 1 rings (SSSR count). The zero-order valence-corrected chi connectivity index (χ0v) is 21.4. The van der Waals surface area contributed by atoms with Gasteiger partial charge in [-0.2, -0.15) is 11.8 Å².